The van der Waals surface area contributed by atoms with E-state index in [0.717, 1.165) is 0 Å². The van der Waals surface area contributed by atoms with Crippen molar-refractivity contribution >= 4 is 11.5 Å². The second kappa shape index (κ2) is 11.4. The van der Waals surface area contributed by atoms with E-state index in [1.807, 2.05) is 46.2 Å². The predicted molar refractivity (Wildman–Crippen MR) is 49.5 cm³/mol. The van der Waals surface area contributed by atoms with Gasteiger partial charge in [0, 0.05) is 11.6 Å². The molecule has 60 valence electrons. The SMILES string of the molecule is CC.CC.Cc1cnsc1. The van der Waals surface area contributed by atoms with Gasteiger partial charge in [-0.15, -0.1) is 0 Å². The summed E-state index contributed by atoms with van der Waals surface area (Å²) >= 11 is 1.49. The van der Waals surface area contributed by atoms with E-state index in [4.69, 9.17) is 0 Å². The summed E-state index contributed by atoms with van der Waals surface area (Å²) in [6.07, 6.45) is 1.85. The van der Waals surface area contributed by atoms with Crippen LogP contribution in [0.25, 0.3) is 0 Å². The van der Waals surface area contributed by atoms with Gasteiger partial charge in [-0.1, -0.05) is 27.7 Å². The van der Waals surface area contributed by atoms with Crippen molar-refractivity contribution in [2.45, 2.75) is 34.6 Å². The van der Waals surface area contributed by atoms with Crippen LogP contribution < -0.4 is 0 Å². The first kappa shape index (κ1) is 12.3. The maximum absolute atomic E-state index is 3.86. The first-order valence-electron chi connectivity index (χ1n) is 3.75. The van der Waals surface area contributed by atoms with Crippen LogP contribution in [0.2, 0.25) is 0 Å². The fraction of sp³-hybridized carbons (Fsp3) is 0.625. The van der Waals surface area contributed by atoms with Crippen molar-refractivity contribution in [3.05, 3.63) is 17.1 Å². The molecule has 0 spiro atoms. The van der Waals surface area contributed by atoms with Gasteiger partial charge in [-0.05, 0) is 24.0 Å². The average molecular weight is 159 g/mol. The number of hydrogen-bond donors (Lipinski definition) is 0. The topological polar surface area (TPSA) is 12.9 Å². The van der Waals surface area contributed by atoms with Crippen LogP contribution in [0.5, 0.6) is 0 Å². The van der Waals surface area contributed by atoms with Gasteiger partial charge in [0.15, 0.2) is 0 Å². The molecule has 0 aliphatic heterocycles. The molecule has 0 amide bonds. The van der Waals surface area contributed by atoms with Crippen LogP contribution in [-0.4, -0.2) is 4.37 Å². The maximum atomic E-state index is 3.86. The Balaban J connectivity index is 0. The van der Waals surface area contributed by atoms with E-state index >= 15 is 0 Å². The Bertz CT molecular complexity index is 113. The molecule has 0 saturated heterocycles. The van der Waals surface area contributed by atoms with Crippen LogP contribution >= 0.6 is 11.5 Å². The van der Waals surface area contributed by atoms with Crippen molar-refractivity contribution in [1.82, 2.24) is 4.37 Å². The molecule has 0 atom stereocenters. The minimum atomic E-state index is 1.25. The molecule has 0 aliphatic carbocycles. The molecule has 0 aliphatic rings. The van der Waals surface area contributed by atoms with Gasteiger partial charge in [-0.3, -0.25) is 0 Å². The summed E-state index contributed by atoms with van der Waals surface area (Å²) < 4.78 is 3.86. The molecule has 0 aromatic carbocycles. The molecule has 1 aromatic rings. The molecule has 1 heterocycles. The van der Waals surface area contributed by atoms with Gasteiger partial charge < -0.3 is 0 Å². The molecule has 1 nitrogen and oxygen atoms in total. The molecule has 0 unspecified atom stereocenters. The second-order valence-corrected chi connectivity index (χ2v) is 1.86. The average Bonchev–Trinajstić information content (AvgIpc) is 2.48. The smallest absolute Gasteiger partial charge is 0.0436 e. The Labute approximate surface area is 68.3 Å². The molecule has 10 heavy (non-hydrogen) atoms. The highest BCUT2D eigenvalue weighted by Crippen LogP contribution is 1.95. The monoisotopic (exact) mass is 159 g/mol. The third-order valence-electron chi connectivity index (χ3n) is 0.556. The Kier molecular flexibility index (Phi) is 14.1. The largest absolute Gasteiger partial charge is 0.201 e. The normalized spacial score (nSPS) is 6.50. The van der Waals surface area contributed by atoms with E-state index in [2.05, 4.69) is 4.37 Å². The minimum Gasteiger partial charge on any atom is -0.201 e. The first-order chi connectivity index (χ1) is 4.89. The van der Waals surface area contributed by atoms with E-state index in [0.29, 0.717) is 0 Å². The van der Waals surface area contributed by atoms with Crippen LogP contribution in [0.1, 0.15) is 33.3 Å². The quantitative estimate of drug-likeness (QED) is 0.564. The highest BCUT2D eigenvalue weighted by atomic mass is 32.1. The van der Waals surface area contributed by atoms with E-state index < -0.39 is 0 Å². The Hall–Kier alpha value is -0.370. The summed E-state index contributed by atoms with van der Waals surface area (Å²) in [7, 11) is 0. The summed E-state index contributed by atoms with van der Waals surface area (Å²) in [6.45, 7) is 10.0. The molecule has 1 aromatic heterocycles. The van der Waals surface area contributed by atoms with E-state index in [-0.39, 0.29) is 0 Å². The Morgan fingerprint density at radius 3 is 1.80 bits per heavy atom. The van der Waals surface area contributed by atoms with Crippen LogP contribution in [0.3, 0.4) is 0 Å². The summed E-state index contributed by atoms with van der Waals surface area (Å²) in [5, 5.41) is 2.01. The van der Waals surface area contributed by atoms with Crippen molar-refractivity contribution in [2.75, 3.05) is 0 Å². The number of rotatable bonds is 0. The van der Waals surface area contributed by atoms with E-state index in [1.165, 1.54) is 17.1 Å². The molecular weight excluding hydrogens is 142 g/mol. The zero-order valence-corrected chi connectivity index (χ0v) is 8.33. The van der Waals surface area contributed by atoms with Gasteiger partial charge >= 0.3 is 0 Å². The van der Waals surface area contributed by atoms with E-state index in [1.54, 1.807) is 0 Å². The van der Waals surface area contributed by atoms with Crippen LogP contribution in [0.4, 0.5) is 0 Å². The summed E-state index contributed by atoms with van der Waals surface area (Å²) in [6, 6.07) is 0. The standard InChI is InChI=1S/C4H5NS.2C2H6/c1-4-2-5-6-3-4;2*1-2/h2-3H,1H3;2*1-2H3. The van der Waals surface area contributed by atoms with Gasteiger partial charge in [-0.25, -0.2) is 4.37 Å². The lowest BCUT2D eigenvalue weighted by molar-refractivity contribution is 1.46. The molecule has 2 heteroatoms. The van der Waals surface area contributed by atoms with Crippen molar-refractivity contribution in [2.24, 2.45) is 0 Å². The van der Waals surface area contributed by atoms with Crippen LogP contribution in [-0.2, 0) is 0 Å². The molecular formula is C8H17NS. The van der Waals surface area contributed by atoms with Gasteiger partial charge in [0.1, 0.15) is 0 Å². The summed E-state index contributed by atoms with van der Waals surface area (Å²) in [4.78, 5) is 0. The van der Waals surface area contributed by atoms with Gasteiger partial charge in [0.2, 0.25) is 0 Å². The van der Waals surface area contributed by atoms with Crippen molar-refractivity contribution in [1.29, 1.82) is 0 Å². The van der Waals surface area contributed by atoms with Gasteiger partial charge in [-0.2, -0.15) is 0 Å². The van der Waals surface area contributed by atoms with Crippen molar-refractivity contribution in [3.8, 4) is 0 Å². The van der Waals surface area contributed by atoms with Gasteiger partial charge in [0.25, 0.3) is 0 Å². The summed E-state index contributed by atoms with van der Waals surface area (Å²) in [5.74, 6) is 0. The second-order valence-electron chi connectivity index (χ2n) is 1.20. The lowest BCUT2D eigenvalue weighted by atomic mass is 10.5. The molecule has 0 radical (unpaired) electrons. The van der Waals surface area contributed by atoms with Crippen LogP contribution in [0.15, 0.2) is 11.6 Å². The summed E-state index contributed by atoms with van der Waals surface area (Å²) in [5.41, 5.74) is 1.25. The Morgan fingerprint density at radius 2 is 1.70 bits per heavy atom. The Morgan fingerprint density at radius 1 is 1.20 bits per heavy atom. The number of hydrogen-bond acceptors (Lipinski definition) is 2. The zero-order chi connectivity index (χ0) is 8.41. The number of aryl methyl sites for hydroxylation is 1. The lowest BCUT2D eigenvalue weighted by Crippen LogP contribution is -1.50. The molecule has 1 rings (SSSR count). The predicted octanol–water partition coefficient (Wildman–Crippen LogP) is 3.50. The van der Waals surface area contributed by atoms with E-state index in [9.17, 15) is 0 Å². The lowest BCUT2D eigenvalue weighted by Gasteiger charge is -1.63. The zero-order valence-electron chi connectivity index (χ0n) is 7.51. The third-order valence-corrected chi connectivity index (χ3v) is 1.26. The highest BCUT2D eigenvalue weighted by molar-refractivity contribution is 7.03. The number of aromatic nitrogens is 1. The third kappa shape index (κ3) is 7.63. The minimum absolute atomic E-state index is 1.25. The highest BCUT2D eigenvalue weighted by Gasteiger charge is 1.76. The fourth-order valence-corrected chi connectivity index (χ4v) is 0.773. The molecule has 0 fully saturated rings. The molecule has 0 saturated carbocycles. The van der Waals surface area contributed by atoms with Gasteiger partial charge in [0.05, 0.1) is 0 Å². The van der Waals surface area contributed by atoms with Crippen molar-refractivity contribution in [3.63, 3.8) is 0 Å². The maximum Gasteiger partial charge on any atom is 0.0436 e. The molecule has 0 N–H and O–H groups in total. The van der Waals surface area contributed by atoms with Crippen molar-refractivity contribution < 1.29 is 0 Å². The molecule has 0 bridgehead atoms. The van der Waals surface area contributed by atoms with Crippen LogP contribution in [0, 0.1) is 6.92 Å². The first-order valence-corrected chi connectivity index (χ1v) is 4.59. The number of nitrogens with zero attached hydrogens (tertiary/aromatic N) is 1. The fourth-order valence-electron chi connectivity index (χ4n) is 0.258.